The van der Waals surface area contributed by atoms with Crippen molar-refractivity contribution in [3.05, 3.63) is 95.0 Å². The molecule has 1 saturated heterocycles. The lowest BCUT2D eigenvalue weighted by Gasteiger charge is -2.38. The Morgan fingerprint density at radius 2 is 1.61 bits per heavy atom. The lowest BCUT2D eigenvalue weighted by molar-refractivity contribution is -0.142. The highest BCUT2D eigenvalue weighted by atomic mass is 19.4. The Labute approximate surface area is 254 Å². The van der Waals surface area contributed by atoms with Crippen LogP contribution in [0.15, 0.2) is 71.4 Å². The van der Waals surface area contributed by atoms with Gasteiger partial charge >= 0.3 is 12.4 Å². The van der Waals surface area contributed by atoms with Crippen LogP contribution in [0, 0.1) is 0 Å². The van der Waals surface area contributed by atoms with Gasteiger partial charge in [-0.3, -0.25) is 14.6 Å². The lowest BCUT2D eigenvalue weighted by atomic mass is 9.93. The average molecular weight is 652 g/mol. The van der Waals surface area contributed by atoms with Gasteiger partial charge in [-0.2, -0.15) is 26.3 Å². The summed E-state index contributed by atoms with van der Waals surface area (Å²) in [5, 5.41) is 2.42. The third-order valence-corrected chi connectivity index (χ3v) is 6.77. The number of benzene rings is 1. The number of alkyl halides is 8. The Kier molecular flexibility index (Phi) is 8.31. The van der Waals surface area contributed by atoms with Gasteiger partial charge in [0.2, 0.25) is 5.91 Å². The molecule has 1 fully saturated rings. The Bertz CT molecular complexity index is 1750. The zero-order valence-corrected chi connectivity index (χ0v) is 23.2. The van der Waals surface area contributed by atoms with Crippen LogP contribution in [0.4, 0.5) is 40.9 Å². The van der Waals surface area contributed by atoms with E-state index in [9.17, 15) is 44.7 Å². The molecule has 3 aromatic heterocycles. The van der Waals surface area contributed by atoms with Crippen molar-refractivity contribution >= 4 is 23.7 Å². The normalized spacial score (nSPS) is 14.7. The van der Waals surface area contributed by atoms with Crippen molar-refractivity contribution in [1.82, 2.24) is 20.2 Å². The van der Waals surface area contributed by atoms with E-state index in [1.165, 1.54) is 18.3 Å². The van der Waals surface area contributed by atoms with Crippen molar-refractivity contribution in [3.63, 3.8) is 0 Å². The topological polar surface area (TPSA) is 114 Å². The first kappa shape index (κ1) is 32.1. The van der Waals surface area contributed by atoms with Crippen molar-refractivity contribution < 1.29 is 49.1 Å². The SMILES string of the molecule is Nc1ccc(C=CC(=O)NCc2ccc(-c3c(C(F)(F)F)cc(-c4ccc(C(=O)N5CC(F)(F)C5)cn4)cc3C(F)(F)F)o2)cn1. The number of aromatic nitrogens is 2. The van der Waals surface area contributed by atoms with E-state index in [0.29, 0.717) is 17.7 Å². The Hall–Kier alpha value is -5.28. The van der Waals surface area contributed by atoms with Crippen LogP contribution >= 0.6 is 0 Å². The molecular formula is C30H21F8N5O3. The summed E-state index contributed by atoms with van der Waals surface area (Å²) in [6.45, 7) is -1.99. The Balaban J connectivity index is 1.41. The fourth-order valence-corrected chi connectivity index (χ4v) is 4.56. The highest BCUT2D eigenvalue weighted by Crippen LogP contribution is 2.47. The third-order valence-electron chi connectivity index (χ3n) is 6.77. The van der Waals surface area contributed by atoms with E-state index in [4.69, 9.17) is 10.2 Å². The molecule has 5 rings (SSSR count). The van der Waals surface area contributed by atoms with Gasteiger partial charge in [-0.25, -0.2) is 13.8 Å². The number of pyridine rings is 2. The van der Waals surface area contributed by atoms with Crippen LogP contribution in [0.1, 0.15) is 32.8 Å². The zero-order valence-electron chi connectivity index (χ0n) is 23.2. The van der Waals surface area contributed by atoms with Crippen LogP contribution in [0.3, 0.4) is 0 Å². The van der Waals surface area contributed by atoms with Gasteiger partial charge in [-0.05, 0) is 60.2 Å². The molecule has 46 heavy (non-hydrogen) atoms. The molecular weight excluding hydrogens is 630 g/mol. The number of likely N-dealkylation sites (tertiary alicyclic amines) is 1. The number of anilines is 1. The Morgan fingerprint density at radius 1 is 0.935 bits per heavy atom. The first-order valence-electron chi connectivity index (χ1n) is 13.2. The van der Waals surface area contributed by atoms with Crippen molar-refractivity contribution in [2.75, 3.05) is 18.8 Å². The van der Waals surface area contributed by atoms with Crippen LogP contribution in [-0.4, -0.2) is 45.7 Å². The molecule has 0 bridgehead atoms. The summed E-state index contributed by atoms with van der Waals surface area (Å²) in [5.74, 6) is -5.09. The van der Waals surface area contributed by atoms with E-state index in [1.807, 2.05) is 0 Å². The summed E-state index contributed by atoms with van der Waals surface area (Å²) in [7, 11) is 0. The predicted octanol–water partition coefficient (Wildman–Crippen LogP) is 6.44. The van der Waals surface area contributed by atoms with E-state index in [-0.39, 0.29) is 29.4 Å². The fraction of sp³-hybridized carbons (Fsp3) is 0.200. The van der Waals surface area contributed by atoms with Gasteiger partial charge in [-0.1, -0.05) is 0 Å². The number of amides is 2. The minimum absolute atomic E-state index is 0.127. The highest BCUT2D eigenvalue weighted by molar-refractivity contribution is 5.95. The van der Waals surface area contributed by atoms with Crippen molar-refractivity contribution in [2.24, 2.45) is 0 Å². The van der Waals surface area contributed by atoms with E-state index in [2.05, 4.69) is 15.3 Å². The molecule has 0 atom stereocenters. The second kappa shape index (κ2) is 11.9. The van der Waals surface area contributed by atoms with Crippen LogP contribution in [0.2, 0.25) is 0 Å². The maximum absolute atomic E-state index is 14.3. The summed E-state index contributed by atoms with van der Waals surface area (Å²) in [4.78, 5) is 33.0. The second-order valence-corrected chi connectivity index (χ2v) is 10.2. The van der Waals surface area contributed by atoms with Gasteiger partial charge in [-0.15, -0.1) is 0 Å². The summed E-state index contributed by atoms with van der Waals surface area (Å²) in [5.41, 5.74) is 0.341. The number of nitrogens with zero attached hydrogens (tertiary/aromatic N) is 3. The molecule has 16 heteroatoms. The number of carbonyl (C=O) groups is 2. The number of rotatable bonds is 7. The maximum Gasteiger partial charge on any atom is 0.417 e. The van der Waals surface area contributed by atoms with Gasteiger partial charge in [0, 0.05) is 29.6 Å². The number of nitrogens with one attached hydrogen (secondary N) is 1. The summed E-state index contributed by atoms with van der Waals surface area (Å²) >= 11 is 0. The van der Waals surface area contributed by atoms with Gasteiger partial charge in [0.05, 0.1) is 42.0 Å². The Morgan fingerprint density at radius 3 is 2.15 bits per heavy atom. The zero-order chi connectivity index (χ0) is 33.4. The average Bonchev–Trinajstić information content (AvgIpc) is 3.45. The molecule has 0 aliphatic carbocycles. The fourth-order valence-electron chi connectivity index (χ4n) is 4.56. The minimum Gasteiger partial charge on any atom is -0.459 e. The molecule has 3 N–H and O–H groups in total. The molecule has 1 aliphatic heterocycles. The van der Waals surface area contributed by atoms with E-state index < -0.39 is 71.2 Å². The minimum atomic E-state index is -5.28. The maximum atomic E-state index is 14.3. The monoisotopic (exact) mass is 651 g/mol. The second-order valence-electron chi connectivity index (χ2n) is 10.2. The summed E-state index contributed by atoms with van der Waals surface area (Å²) in [6.07, 6.45) is -5.72. The number of halogens is 8. The number of nitrogen functional groups attached to an aromatic ring is 1. The third kappa shape index (κ3) is 7.16. The predicted molar refractivity (Wildman–Crippen MR) is 148 cm³/mol. The van der Waals surface area contributed by atoms with Crippen LogP contribution in [0.5, 0.6) is 0 Å². The molecule has 240 valence electrons. The van der Waals surface area contributed by atoms with Gasteiger partial charge in [0.15, 0.2) is 0 Å². The number of carbonyl (C=O) groups excluding carboxylic acids is 2. The number of hydrogen-bond donors (Lipinski definition) is 2. The summed E-state index contributed by atoms with van der Waals surface area (Å²) in [6, 6.07) is 8.18. The van der Waals surface area contributed by atoms with Gasteiger partial charge < -0.3 is 20.4 Å². The molecule has 0 unspecified atom stereocenters. The molecule has 0 saturated carbocycles. The molecule has 1 aromatic carbocycles. The van der Waals surface area contributed by atoms with E-state index >= 15 is 0 Å². The molecule has 4 aromatic rings. The molecule has 1 aliphatic rings. The van der Waals surface area contributed by atoms with Crippen LogP contribution < -0.4 is 11.1 Å². The molecule has 0 spiro atoms. The number of furan rings is 1. The highest BCUT2D eigenvalue weighted by Gasteiger charge is 2.46. The number of nitrogens with two attached hydrogens (primary N) is 1. The molecule has 4 heterocycles. The molecule has 8 nitrogen and oxygen atoms in total. The van der Waals surface area contributed by atoms with E-state index in [1.54, 1.807) is 6.07 Å². The first-order chi connectivity index (χ1) is 21.5. The molecule has 0 radical (unpaired) electrons. The largest absolute Gasteiger partial charge is 0.459 e. The standard InChI is InChI=1S/C30H21F8N5O3/c31-28(32)14-43(15-28)27(45)17-3-5-22(40-12-17)18-9-20(29(33,34)35)26(21(10-18)30(36,37)38)23-6-4-19(46-23)13-42-25(44)8-2-16-1-7-24(39)41-11-16/h1-12H,13-15H2,(H2,39,41)(H,42,44). The molecule has 2 amide bonds. The van der Waals surface area contributed by atoms with Gasteiger partial charge in [0.1, 0.15) is 17.3 Å². The van der Waals surface area contributed by atoms with Crippen molar-refractivity contribution in [2.45, 2.75) is 24.8 Å². The van der Waals surface area contributed by atoms with E-state index in [0.717, 1.165) is 41.4 Å². The smallest absolute Gasteiger partial charge is 0.417 e. The van der Waals surface area contributed by atoms with Gasteiger partial charge in [0.25, 0.3) is 11.8 Å². The van der Waals surface area contributed by atoms with Crippen molar-refractivity contribution in [3.8, 4) is 22.6 Å². The lowest BCUT2D eigenvalue weighted by Crippen LogP contribution is -2.58. The number of hydrogen-bond acceptors (Lipinski definition) is 6. The summed E-state index contributed by atoms with van der Waals surface area (Å²) < 4.78 is 117. The van der Waals surface area contributed by atoms with Crippen LogP contribution in [0.25, 0.3) is 28.7 Å². The van der Waals surface area contributed by atoms with Crippen molar-refractivity contribution in [1.29, 1.82) is 0 Å². The quantitative estimate of drug-likeness (QED) is 0.176. The van der Waals surface area contributed by atoms with Crippen LogP contribution in [-0.2, 0) is 23.7 Å². The first-order valence-corrected chi connectivity index (χ1v) is 13.2.